The summed E-state index contributed by atoms with van der Waals surface area (Å²) in [6.07, 6.45) is 0. The maximum absolute atomic E-state index is 12.6. The van der Waals surface area contributed by atoms with E-state index in [-0.39, 0.29) is 16.3 Å². The number of nitrogens with one attached hydrogen (secondary N) is 1. The first kappa shape index (κ1) is 21.0. The number of benzene rings is 3. The summed E-state index contributed by atoms with van der Waals surface area (Å²) < 4.78 is 0. The Bertz CT molecular complexity index is 1290. The molecule has 0 aliphatic carbocycles. The molecule has 0 aliphatic rings. The summed E-state index contributed by atoms with van der Waals surface area (Å²) in [4.78, 5) is 27.7. The normalized spacial score (nSPS) is 10.6. The minimum atomic E-state index is -0.575. The van der Waals surface area contributed by atoms with Crippen LogP contribution >= 0.6 is 34.5 Å². The number of nitro benzene ring substituents is 1. The quantitative estimate of drug-likeness (QED) is 0.253. The highest BCUT2D eigenvalue weighted by Crippen LogP contribution is 2.31. The molecule has 0 aliphatic heterocycles. The van der Waals surface area contributed by atoms with Crippen LogP contribution in [0.1, 0.15) is 10.4 Å². The van der Waals surface area contributed by atoms with Gasteiger partial charge < -0.3 is 5.32 Å². The summed E-state index contributed by atoms with van der Waals surface area (Å²) in [6.45, 7) is 0. The van der Waals surface area contributed by atoms with Crippen LogP contribution in [0.5, 0.6) is 0 Å². The number of carbonyl (C=O) groups is 1. The summed E-state index contributed by atoms with van der Waals surface area (Å²) in [7, 11) is 0. The van der Waals surface area contributed by atoms with Gasteiger partial charge in [-0.1, -0.05) is 47.5 Å². The van der Waals surface area contributed by atoms with E-state index in [1.807, 2.05) is 35.7 Å². The lowest BCUT2D eigenvalue weighted by molar-refractivity contribution is -0.384. The predicted octanol–water partition coefficient (Wildman–Crippen LogP) is 6.94. The highest BCUT2D eigenvalue weighted by atomic mass is 35.5. The molecule has 0 unspecified atom stereocenters. The molecule has 0 fully saturated rings. The van der Waals surface area contributed by atoms with Gasteiger partial charge in [-0.25, -0.2) is 4.98 Å². The topological polar surface area (TPSA) is 85.1 Å². The molecule has 1 amide bonds. The molecule has 154 valence electrons. The molecule has 3 aromatic carbocycles. The van der Waals surface area contributed by atoms with Crippen molar-refractivity contribution in [1.29, 1.82) is 0 Å². The molecule has 4 aromatic rings. The van der Waals surface area contributed by atoms with Crippen LogP contribution in [0.25, 0.3) is 21.8 Å². The molecule has 4 rings (SSSR count). The van der Waals surface area contributed by atoms with Gasteiger partial charge in [0.15, 0.2) is 0 Å². The molecular weight excluding hydrogens is 457 g/mol. The number of nitro groups is 1. The van der Waals surface area contributed by atoms with E-state index in [2.05, 4.69) is 10.3 Å². The largest absolute Gasteiger partial charge is 0.322 e. The molecule has 6 nitrogen and oxygen atoms in total. The van der Waals surface area contributed by atoms with Crippen LogP contribution in [0.4, 0.5) is 11.4 Å². The Morgan fingerprint density at radius 1 is 1.00 bits per heavy atom. The van der Waals surface area contributed by atoms with Crippen LogP contribution in [0.15, 0.2) is 72.1 Å². The molecule has 0 saturated carbocycles. The molecule has 31 heavy (non-hydrogen) atoms. The van der Waals surface area contributed by atoms with E-state index in [0.29, 0.717) is 10.7 Å². The van der Waals surface area contributed by atoms with Crippen molar-refractivity contribution in [2.24, 2.45) is 0 Å². The van der Waals surface area contributed by atoms with Crippen molar-refractivity contribution < 1.29 is 9.72 Å². The van der Waals surface area contributed by atoms with E-state index in [1.165, 1.54) is 23.5 Å². The summed E-state index contributed by atoms with van der Waals surface area (Å²) in [5, 5.41) is 17.3. The van der Waals surface area contributed by atoms with Crippen molar-refractivity contribution >= 4 is 51.8 Å². The number of nitrogens with zero attached hydrogens (tertiary/aromatic N) is 2. The standard InChI is InChI=1S/C22H13Cl2N3O3S/c23-15-6-4-13(5-7-15)22-26-20(12-31-22)14-2-1-3-16(10-14)25-21(28)18-11-17(27(29)30)8-9-19(18)24/h1-12H,(H,25,28). The Morgan fingerprint density at radius 2 is 1.77 bits per heavy atom. The Labute approximate surface area is 191 Å². The average Bonchev–Trinajstić information content (AvgIpc) is 3.25. The average molecular weight is 470 g/mol. The van der Waals surface area contributed by atoms with Crippen LogP contribution in [-0.2, 0) is 0 Å². The van der Waals surface area contributed by atoms with Gasteiger partial charge in [-0.3, -0.25) is 14.9 Å². The fraction of sp³-hybridized carbons (Fsp3) is 0. The first-order valence-corrected chi connectivity index (χ1v) is 10.6. The number of halogens is 2. The molecule has 1 heterocycles. The second-order valence-corrected chi connectivity index (χ2v) is 8.20. The second kappa shape index (κ2) is 8.85. The van der Waals surface area contributed by atoms with E-state index in [1.54, 1.807) is 18.2 Å². The van der Waals surface area contributed by atoms with Crippen molar-refractivity contribution in [3.8, 4) is 21.8 Å². The van der Waals surface area contributed by atoms with E-state index in [0.717, 1.165) is 27.9 Å². The molecule has 0 radical (unpaired) electrons. The molecule has 0 bridgehead atoms. The van der Waals surface area contributed by atoms with Gasteiger partial charge in [0.2, 0.25) is 0 Å². The van der Waals surface area contributed by atoms with Crippen LogP contribution < -0.4 is 5.32 Å². The molecule has 1 aromatic heterocycles. The Hall–Kier alpha value is -3.26. The number of hydrogen-bond donors (Lipinski definition) is 1. The number of thiazole rings is 1. The molecule has 0 spiro atoms. The minimum absolute atomic E-state index is 0.0277. The summed E-state index contributed by atoms with van der Waals surface area (Å²) in [5.41, 5.74) is 2.89. The highest BCUT2D eigenvalue weighted by molar-refractivity contribution is 7.13. The lowest BCUT2D eigenvalue weighted by Gasteiger charge is -2.08. The number of rotatable bonds is 5. The van der Waals surface area contributed by atoms with Crippen molar-refractivity contribution in [3.63, 3.8) is 0 Å². The van der Waals surface area contributed by atoms with Crippen LogP contribution in [-0.4, -0.2) is 15.8 Å². The van der Waals surface area contributed by atoms with E-state index in [4.69, 9.17) is 23.2 Å². The number of non-ortho nitro benzene ring substituents is 1. The Balaban J connectivity index is 1.57. The van der Waals surface area contributed by atoms with Gasteiger partial charge in [-0.2, -0.15) is 0 Å². The minimum Gasteiger partial charge on any atom is -0.322 e. The molecule has 0 saturated heterocycles. The Morgan fingerprint density at radius 3 is 2.52 bits per heavy atom. The fourth-order valence-electron chi connectivity index (χ4n) is 2.89. The van der Waals surface area contributed by atoms with E-state index < -0.39 is 10.8 Å². The second-order valence-electron chi connectivity index (χ2n) is 6.50. The van der Waals surface area contributed by atoms with Crippen molar-refractivity contribution in [1.82, 2.24) is 4.98 Å². The highest BCUT2D eigenvalue weighted by Gasteiger charge is 2.16. The SMILES string of the molecule is O=C(Nc1cccc(-c2csc(-c3ccc(Cl)cc3)n2)c1)c1cc([N+](=O)[O-])ccc1Cl. The molecular formula is C22H13Cl2N3O3S. The monoisotopic (exact) mass is 469 g/mol. The third kappa shape index (κ3) is 4.74. The lowest BCUT2D eigenvalue weighted by Crippen LogP contribution is -2.12. The molecule has 0 atom stereocenters. The number of anilines is 1. The summed E-state index contributed by atoms with van der Waals surface area (Å²) >= 11 is 13.5. The van der Waals surface area contributed by atoms with Gasteiger partial charge in [0.1, 0.15) is 5.01 Å². The van der Waals surface area contributed by atoms with Gasteiger partial charge in [0.05, 0.1) is 21.2 Å². The fourth-order valence-corrected chi connectivity index (χ4v) is 4.05. The maximum atomic E-state index is 12.6. The maximum Gasteiger partial charge on any atom is 0.270 e. The first-order valence-electron chi connectivity index (χ1n) is 8.98. The number of amides is 1. The third-order valence-electron chi connectivity index (χ3n) is 4.42. The zero-order chi connectivity index (χ0) is 22.0. The lowest BCUT2D eigenvalue weighted by atomic mass is 10.1. The van der Waals surface area contributed by atoms with Gasteiger partial charge in [0.25, 0.3) is 11.6 Å². The first-order chi connectivity index (χ1) is 14.9. The van der Waals surface area contributed by atoms with Gasteiger partial charge in [0, 0.05) is 39.3 Å². The number of aromatic nitrogens is 1. The zero-order valence-electron chi connectivity index (χ0n) is 15.7. The van der Waals surface area contributed by atoms with Crippen molar-refractivity contribution in [3.05, 3.63) is 97.8 Å². The predicted molar refractivity (Wildman–Crippen MR) is 124 cm³/mol. The van der Waals surface area contributed by atoms with E-state index in [9.17, 15) is 14.9 Å². The molecule has 9 heteroatoms. The number of carbonyl (C=O) groups excluding carboxylic acids is 1. The summed E-state index contributed by atoms with van der Waals surface area (Å²) in [6, 6.07) is 18.4. The third-order valence-corrected chi connectivity index (χ3v) is 5.89. The smallest absolute Gasteiger partial charge is 0.270 e. The van der Waals surface area contributed by atoms with Gasteiger partial charge in [-0.15, -0.1) is 11.3 Å². The van der Waals surface area contributed by atoms with Crippen LogP contribution in [0.2, 0.25) is 10.0 Å². The van der Waals surface area contributed by atoms with Crippen LogP contribution in [0, 0.1) is 10.1 Å². The van der Waals surface area contributed by atoms with Gasteiger partial charge in [-0.05, 0) is 30.3 Å². The molecule has 1 N–H and O–H groups in total. The van der Waals surface area contributed by atoms with Crippen LogP contribution in [0.3, 0.4) is 0 Å². The zero-order valence-corrected chi connectivity index (χ0v) is 18.0. The number of hydrogen-bond acceptors (Lipinski definition) is 5. The van der Waals surface area contributed by atoms with Gasteiger partial charge >= 0.3 is 0 Å². The van der Waals surface area contributed by atoms with E-state index >= 15 is 0 Å². The van der Waals surface area contributed by atoms with Crippen molar-refractivity contribution in [2.45, 2.75) is 0 Å². The Kier molecular flexibility index (Phi) is 5.99. The van der Waals surface area contributed by atoms with Crippen molar-refractivity contribution in [2.75, 3.05) is 5.32 Å². The summed E-state index contributed by atoms with van der Waals surface area (Å²) in [5.74, 6) is -0.536.